The Morgan fingerprint density at radius 1 is 0.871 bits per heavy atom. The van der Waals surface area contributed by atoms with Crippen molar-refractivity contribution in [1.82, 2.24) is 4.31 Å². The molecule has 0 aliphatic rings. The van der Waals surface area contributed by atoms with Gasteiger partial charge in [0, 0.05) is 12.2 Å². The van der Waals surface area contributed by atoms with Gasteiger partial charge >= 0.3 is 0 Å². The Bertz CT molecular complexity index is 1180. The van der Waals surface area contributed by atoms with Crippen molar-refractivity contribution < 1.29 is 13.2 Å². The smallest absolute Gasteiger partial charge is 0.243 e. The molecule has 0 radical (unpaired) electrons. The van der Waals surface area contributed by atoms with Crippen LogP contribution in [-0.4, -0.2) is 25.2 Å². The summed E-state index contributed by atoms with van der Waals surface area (Å²) in [7, 11) is -3.94. The highest BCUT2D eigenvalue weighted by Gasteiger charge is 2.27. The second kappa shape index (κ2) is 9.83. The van der Waals surface area contributed by atoms with Gasteiger partial charge in [0.1, 0.15) is 0 Å². The van der Waals surface area contributed by atoms with Crippen LogP contribution in [0.2, 0.25) is 10.0 Å². The Balaban J connectivity index is 1.88. The van der Waals surface area contributed by atoms with Gasteiger partial charge in [0.05, 0.1) is 21.5 Å². The number of halogens is 2. The van der Waals surface area contributed by atoms with Crippen LogP contribution in [0.3, 0.4) is 0 Å². The fourth-order valence-electron chi connectivity index (χ4n) is 2.92. The van der Waals surface area contributed by atoms with E-state index < -0.39 is 15.9 Å². The first kappa shape index (κ1) is 23.3. The predicted octanol–water partition coefficient (Wildman–Crippen LogP) is 5.44. The molecule has 0 aliphatic heterocycles. The average molecular weight is 477 g/mol. The largest absolute Gasteiger partial charge is 0.325 e. The molecule has 3 aromatic carbocycles. The van der Waals surface area contributed by atoms with Gasteiger partial charge in [0.25, 0.3) is 0 Å². The second-order valence-corrected chi connectivity index (χ2v) is 10.0. The van der Waals surface area contributed by atoms with E-state index in [1.807, 2.05) is 26.0 Å². The maximum Gasteiger partial charge on any atom is 0.243 e. The number of carbonyl (C=O) groups is 1. The van der Waals surface area contributed by atoms with E-state index in [0.29, 0.717) is 21.3 Å². The van der Waals surface area contributed by atoms with Gasteiger partial charge in [-0.1, -0.05) is 64.7 Å². The summed E-state index contributed by atoms with van der Waals surface area (Å²) in [6.45, 7) is 3.43. The number of sulfonamides is 1. The summed E-state index contributed by atoms with van der Waals surface area (Å²) in [6, 6.07) is 18.7. The molecule has 0 saturated carbocycles. The minimum absolute atomic E-state index is 0.0333. The summed E-state index contributed by atoms with van der Waals surface area (Å²) >= 11 is 12.1. The number of carbonyl (C=O) groups excluding carboxylic acids is 1. The van der Waals surface area contributed by atoms with Crippen molar-refractivity contribution in [2.75, 3.05) is 11.9 Å². The summed E-state index contributed by atoms with van der Waals surface area (Å²) < 4.78 is 27.8. The average Bonchev–Trinajstić information content (AvgIpc) is 2.72. The van der Waals surface area contributed by atoms with E-state index >= 15 is 0 Å². The number of aryl methyl sites for hydroxylation is 2. The molecule has 0 spiro atoms. The Hall–Kier alpha value is -2.38. The number of nitrogens with one attached hydrogen (secondary N) is 1. The fourth-order valence-corrected chi connectivity index (χ4v) is 4.63. The first-order chi connectivity index (χ1) is 14.6. The molecule has 3 rings (SSSR count). The van der Waals surface area contributed by atoms with E-state index in [9.17, 15) is 13.2 Å². The monoisotopic (exact) mass is 476 g/mol. The Kier molecular flexibility index (Phi) is 7.38. The molecule has 162 valence electrons. The normalized spacial score (nSPS) is 11.5. The minimum atomic E-state index is -3.94. The van der Waals surface area contributed by atoms with Crippen LogP contribution in [0, 0.1) is 13.8 Å². The van der Waals surface area contributed by atoms with Crippen LogP contribution in [0.1, 0.15) is 16.7 Å². The summed E-state index contributed by atoms with van der Waals surface area (Å²) in [5.41, 5.74) is 3.21. The molecule has 31 heavy (non-hydrogen) atoms. The van der Waals surface area contributed by atoms with Crippen LogP contribution in [0.25, 0.3) is 0 Å². The molecule has 0 unspecified atom stereocenters. The highest BCUT2D eigenvalue weighted by molar-refractivity contribution is 7.89. The lowest BCUT2D eigenvalue weighted by atomic mass is 10.2. The van der Waals surface area contributed by atoms with Crippen molar-refractivity contribution in [3.63, 3.8) is 0 Å². The second-order valence-electron chi connectivity index (χ2n) is 7.25. The number of rotatable bonds is 7. The third kappa shape index (κ3) is 6.08. The van der Waals surface area contributed by atoms with Crippen LogP contribution in [0.5, 0.6) is 0 Å². The maximum absolute atomic E-state index is 13.3. The summed E-state index contributed by atoms with van der Waals surface area (Å²) in [6.07, 6.45) is 0. The molecule has 5 nitrogen and oxygen atoms in total. The molecule has 1 N–H and O–H groups in total. The zero-order valence-electron chi connectivity index (χ0n) is 17.1. The molecule has 0 saturated heterocycles. The van der Waals surface area contributed by atoms with E-state index in [-0.39, 0.29) is 18.0 Å². The van der Waals surface area contributed by atoms with Crippen LogP contribution in [0.15, 0.2) is 71.6 Å². The Morgan fingerprint density at radius 3 is 2.03 bits per heavy atom. The molecular weight excluding hydrogens is 455 g/mol. The predicted molar refractivity (Wildman–Crippen MR) is 125 cm³/mol. The van der Waals surface area contributed by atoms with Crippen LogP contribution >= 0.6 is 23.2 Å². The van der Waals surface area contributed by atoms with Crippen LogP contribution in [-0.2, 0) is 21.4 Å². The molecular formula is C23H22Cl2N2O3S. The molecule has 3 aromatic rings. The van der Waals surface area contributed by atoms with Gasteiger partial charge < -0.3 is 5.32 Å². The van der Waals surface area contributed by atoms with Gasteiger partial charge in [0.2, 0.25) is 15.9 Å². The minimum Gasteiger partial charge on any atom is -0.325 e. The number of amides is 1. The van der Waals surface area contributed by atoms with E-state index in [1.165, 1.54) is 12.1 Å². The number of hydrogen-bond acceptors (Lipinski definition) is 3. The van der Waals surface area contributed by atoms with Crippen molar-refractivity contribution in [3.05, 3.63) is 93.5 Å². The first-order valence-corrected chi connectivity index (χ1v) is 11.7. The summed E-state index contributed by atoms with van der Waals surface area (Å²) in [5.74, 6) is -0.445. The molecule has 0 aromatic heterocycles. The third-order valence-corrected chi connectivity index (χ3v) is 7.20. The summed E-state index contributed by atoms with van der Waals surface area (Å²) in [5, 5.41) is 3.43. The van der Waals surface area contributed by atoms with Gasteiger partial charge in [0.15, 0.2) is 0 Å². The quantitative estimate of drug-likeness (QED) is 0.493. The maximum atomic E-state index is 13.3. The van der Waals surface area contributed by atoms with E-state index in [4.69, 9.17) is 23.2 Å². The van der Waals surface area contributed by atoms with Crippen molar-refractivity contribution in [2.24, 2.45) is 0 Å². The molecule has 0 heterocycles. The van der Waals surface area contributed by atoms with E-state index in [2.05, 4.69) is 5.32 Å². The Labute approximate surface area is 192 Å². The van der Waals surface area contributed by atoms with Gasteiger partial charge in [-0.05, 0) is 55.8 Å². The van der Waals surface area contributed by atoms with Gasteiger partial charge in [-0.3, -0.25) is 4.79 Å². The number of anilines is 1. The summed E-state index contributed by atoms with van der Waals surface area (Å²) in [4.78, 5) is 12.8. The third-order valence-electron chi connectivity index (χ3n) is 4.66. The first-order valence-electron chi connectivity index (χ1n) is 9.52. The topological polar surface area (TPSA) is 66.5 Å². The standard InChI is InChI=1S/C23H22Cl2N2O3S/c1-16-3-8-19(9-4-16)26-23(28)15-27(14-18-7-12-21(24)22(25)13-18)31(29,30)20-10-5-17(2)6-11-20/h3-13H,14-15H2,1-2H3,(H,26,28). The van der Waals surface area contributed by atoms with Crippen LogP contribution in [0.4, 0.5) is 5.69 Å². The lowest BCUT2D eigenvalue weighted by Crippen LogP contribution is -2.37. The number of hydrogen-bond donors (Lipinski definition) is 1. The molecule has 8 heteroatoms. The SMILES string of the molecule is Cc1ccc(NC(=O)CN(Cc2ccc(Cl)c(Cl)c2)S(=O)(=O)c2ccc(C)cc2)cc1. The van der Waals surface area contributed by atoms with Crippen LogP contribution < -0.4 is 5.32 Å². The number of nitrogens with zero attached hydrogens (tertiary/aromatic N) is 1. The highest BCUT2D eigenvalue weighted by atomic mass is 35.5. The fraction of sp³-hybridized carbons (Fsp3) is 0.174. The van der Waals surface area contributed by atoms with E-state index in [1.54, 1.807) is 42.5 Å². The van der Waals surface area contributed by atoms with Gasteiger partial charge in [-0.15, -0.1) is 0 Å². The molecule has 0 fully saturated rings. The van der Waals surface area contributed by atoms with Crippen molar-refractivity contribution in [2.45, 2.75) is 25.3 Å². The Morgan fingerprint density at radius 2 is 1.45 bits per heavy atom. The zero-order chi connectivity index (χ0) is 22.6. The highest BCUT2D eigenvalue weighted by Crippen LogP contribution is 2.25. The molecule has 0 bridgehead atoms. The van der Waals surface area contributed by atoms with E-state index in [0.717, 1.165) is 15.4 Å². The number of benzene rings is 3. The van der Waals surface area contributed by atoms with Gasteiger partial charge in [-0.25, -0.2) is 8.42 Å². The lowest BCUT2D eigenvalue weighted by molar-refractivity contribution is -0.116. The van der Waals surface area contributed by atoms with Gasteiger partial charge in [-0.2, -0.15) is 4.31 Å². The zero-order valence-corrected chi connectivity index (χ0v) is 19.4. The molecule has 0 aliphatic carbocycles. The van der Waals surface area contributed by atoms with Crippen molar-refractivity contribution in [1.29, 1.82) is 0 Å². The van der Waals surface area contributed by atoms with Crippen molar-refractivity contribution >= 4 is 44.8 Å². The molecule has 1 amide bonds. The van der Waals surface area contributed by atoms with Crippen molar-refractivity contribution in [3.8, 4) is 0 Å². The molecule has 0 atom stereocenters. The lowest BCUT2D eigenvalue weighted by Gasteiger charge is -2.22.